The second-order valence-corrected chi connectivity index (χ2v) is 7.01. The fraction of sp³-hybridized carbons (Fsp3) is 0.0556. The van der Waals surface area contributed by atoms with Crippen LogP contribution in [0.25, 0.3) is 5.76 Å². The SMILES string of the molecule is CC1=C2C=CC=CN2/C(=C2\OC(c3ccc(Br)cc3)=CS2)C1=O. The first-order valence-electron chi connectivity index (χ1n) is 7.10. The number of halogens is 1. The number of carbonyl (C=O) groups excluding carboxylic acids is 1. The Morgan fingerprint density at radius 2 is 1.96 bits per heavy atom. The monoisotopic (exact) mass is 385 g/mol. The van der Waals surface area contributed by atoms with Gasteiger partial charge in [0.25, 0.3) is 0 Å². The number of rotatable bonds is 1. The van der Waals surface area contributed by atoms with Crippen molar-refractivity contribution in [3.05, 3.63) is 86.2 Å². The summed E-state index contributed by atoms with van der Waals surface area (Å²) in [7, 11) is 0. The number of benzene rings is 1. The van der Waals surface area contributed by atoms with Crippen molar-refractivity contribution in [1.29, 1.82) is 0 Å². The first-order valence-corrected chi connectivity index (χ1v) is 8.77. The number of carbonyl (C=O) groups is 1. The molecular formula is C18H12BrNO2S. The summed E-state index contributed by atoms with van der Waals surface area (Å²) in [5.74, 6) is 0.782. The van der Waals surface area contributed by atoms with Crippen LogP contribution < -0.4 is 0 Å². The number of nitrogens with zero attached hydrogens (tertiary/aromatic N) is 1. The van der Waals surface area contributed by atoms with Crippen molar-refractivity contribution in [3.8, 4) is 0 Å². The fourth-order valence-corrected chi connectivity index (χ4v) is 3.74. The van der Waals surface area contributed by atoms with Crippen LogP contribution >= 0.6 is 27.7 Å². The molecule has 3 aliphatic rings. The van der Waals surface area contributed by atoms with Gasteiger partial charge in [-0.15, -0.1) is 0 Å². The van der Waals surface area contributed by atoms with Crippen LogP contribution in [0.3, 0.4) is 0 Å². The summed E-state index contributed by atoms with van der Waals surface area (Å²) in [6.45, 7) is 1.85. The van der Waals surface area contributed by atoms with E-state index in [1.54, 1.807) is 0 Å². The van der Waals surface area contributed by atoms with Crippen LogP contribution in [0.4, 0.5) is 0 Å². The van der Waals surface area contributed by atoms with Crippen molar-refractivity contribution < 1.29 is 9.53 Å². The number of allylic oxidation sites excluding steroid dienone is 4. The Labute approximate surface area is 146 Å². The van der Waals surface area contributed by atoms with E-state index in [0.717, 1.165) is 27.1 Å². The van der Waals surface area contributed by atoms with Gasteiger partial charge >= 0.3 is 0 Å². The third-order valence-electron chi connectivity index (χ3n) is 3.84. The van der Waals surface area contributed by atoms with Gasteiger partial charge in [-0.25, -0.2) is 0 Å². The van der Waals surface area contributed by atoms with Crippen molar-refractivity contribution in [1.82, 2.24) is 4.90 Å². The average Bonchev–Trinajstić information content (AvgIpc) is 3.13. The lowest BCUT2D eigenvalue weighted by atomic mass is 10.2. The molecule has 23 heavy (non-hydrogen) atoms. The number of fused-ring (bicyclic) bond motifs is 1. The molecule has 0 aromatic heterocycles. The zero-order valence-electron chi connectivity index (χ0n) is 12.2. The Morgan fingerprint density at radius 1 is 1.17 bits per heavy atom. The van der Waals surface area contributed by atoms with Gasteiger partial charge in [0.1, 0.15) is 11.5 Å². The second kappa shape index (κ2) is 5.58. The highest BCUT2D eigenvalue weighted by molar-refractivity contribution is 9.10. The molecular weight excluding hydrogens is 374 g/mol. The third-order valence-corrected chi connectivity index (χ3v) is 5.19. The standard InChI is InChI=1S/C18H12BrNO2S/c1-11-14-4-2-3-9-20(14)16(17(11)21)18-22-15(10-23-18)12-5-7-13(19)8-6-12/h2-10H,1H3/b18-16+. The number of Topliss-reactive ketones (excluding diaryl/α,β-unsaturated/α-hetero) is 1. The van der Waals surface area contributed by atoms with E-state index in [0.29, 0.717) is 10.8 Å². The van der Waals surface area contributed by atoms with Crippen LogP contribution in [-0.4, -0.2) is 10.7 Å². The normalized spacial score (nSPS) is 22.6. The van der Waals surface area contributed by atoms with Gasteiger partial charge < -0.3 is 9.64 Å². The number of thioether (sulfide) groups is 1. The molecule has 1 aromatic carbocycles. The molecule has 1 aromatic rings. The lowest BCUT2D eigenvalue weighted by Crippen LogP contribution is -2.16. The molecule has 3 aliphatic heterocycles. The molecule has 0 spiro atoms. The predicted octanol–water partition coefficient (Wildman–Crippen LogP) is 4.92. The van der Waals surface area contributed by atoms with Crippen LogP contribution in [-0.2, 0) is 9.53 Å². The minimum Gasteiger partial charge on any atom is -0.447 e. The first-order chi connectivity index (χ1) is 11.1. The molecule has 0 bridgehead atoms. The molecule has 4 rings (SSSR count). The van der Waals surface area contributed by atoms with Gasteiger partial charge in [-0.05, 0) is 31.2 Å². The van der Waals surface area contributed by atoms with E-state index in [4.69, 9.17) is 4.74 Å². The smallest absolute Gasteiger partial charge is 0.211 e. The Kier molecular flexibility index (Phi) is 3.54. The van der Waals surface area contributed by atoms with E-state index in [2.05, 4.69) is 15.9 Å². The van der Waals surface area contributed by atoms with Crippen molar-refractivity contribution in [2.24, 2.45) is 0 Å². The van der Waals surface area contributed by atoms with E-state index in [9.17, 15) is 4.79 Å². The largest absolute Gasteiger partial charge is 0.447 e. The minimum absolute atomic E-state index is 0.0177. The highest BCUT2D eigenvalue weighted by atomic mass is 79.9. The van der Waals surface area contributed by atoms with Crippen LogP contribution in [0, 0.1) is 0 Å². The summed E-state index contributed by atoms with van der Waals surface area (Å²) in [4.78, 5) is 14.5. The Balaban J connectivity index is 1.67. The molecule has 0 atom stereocenters. The summed E-state index contributed by atoms with van der Waals surface area (Å²) in [5, 5.41) is 2.57. The van der Waals surface area contributed by atoms with Gasteiger partial charge in [-0.3, -0.25) is 4.79 Å². The molecule has 0 fully saturated rings. The lowest BCUT2D eigenvalue weighted by molar-refractivity contribution is -0.112. The Morgan fingerprint density at radius 3 is 2.74 bits per heavy atom. The van der Waals surface area contributed by atoms with Gasteiger partial charge in [-0.2, -0.15) is 0 Å². The van der Waals surface area contributed by atoms with Crippen LogP contribution in [0.15, 0.2) is 80.6 Å². The zero-order valence-corrected chi connectivity index (χ0v) is 14.6. The van der Waals surface area contributed by atoms with Gasteiger partial charge in [-0.1, -0.05) is 45.9 Å². The Hall–Kier alpha value is -1.98. The van der Waals surface area contributed by atoms with Crippen molar-refractivity contribution >= 4 is 39.2 Å². The highest BCUT2D eigenvalue weighted by Crippen LogP contribution is 2.43. The van der Waals surface area contributed by atoms with Gasteiger partial charge in [0.2, 0.25) is 5.78 Å². The predicted molar refractivity (Wildman–Crippen MR) is 95.6 cm³/mol. The maximum atomic E-state index is 12.6. The van der Waals surface area contributed by atoms with Gasteiger partial charge in [0.05, 0.1) is 5.70 Å². The van der Waals surface area contributed by atoms with E-state index >= 15 is 0 Å². The second-order valence-electron chi connectivity index (χ2n) is 5.25. The molecule has 3 nitrogen and oxygen atoms in total. The summed E-state index contributed by atoms with van der Waals surface area (Å²) in [6, 6.07) is 7.91. The summed E-state index contributed by atoms with van der Waals surface area (Å²) in [6.07, 6.45) is 7.69. The number of hydrogen-bond acceptors (Lipinski definition) is 4. The number of ether oxygens (including phenoxy) is 1. The molecule has 0 saturated heterocycles. The molecule has 3 heterocycles. The van der Waals surface area contributed by atoms with Crippen LogP contribution in [0.1, 0.15) is 12.5 Å². The molecule has 0 amide bonds. The molecule has 0 aliphatic carbocycles. The molecule has 0 saturated carbocycles. The van der Waals surface area contributed by atoms with Gasteiger partial charge in [0.15, 0.2) is 5.09 Å². The van der Waals surface area contributed by atoms with Gasteiger partial charge in [0, 0.05) is 27.2 Å². The molecule has 0 N–H and O–H groups in total. The lowest BCUT2D eigenvalue weighted by Gasteiger charge is -2.20. The van der Waals surface area contributed by atoms with E-state index in [1.807, 2.05) is 65.9 Å². The number of ketones is 1. The number of hydrogen-bond donors (Lipinski definition) is 0. The third kappa shape index (κ3) is 2.40. The maximum Gasteiger partial charge on any atom is 0.211 e. The summed E-state index contributed by atoms with van der Waals surface area (Å²) < 4.78 is 7.00. The highest BCUT2D eigenvalue weighted by Gasteiger charge is 2.36. The van der Waals surface area contributed by atoms with E-state index in [-0.39, 0.29) is 5.78 Å². The quantitative estimate of drug-likeness (QED) is 0.641. The Bertz CT molecular complexity index is 860. The maximum absolute atomic E-state index is 12.6. The van der Waals surface area contributed by atoms with E-state index < -0.39 is 0 Å². The minimum atomic E-state index is 0.0177. The molecule has 0 radical (unpaired) electrons. The zero-order chi connectivity index (χ0) is 16.0. The molecule has 0 unspecified atom stereocenters. The fourth-order valence-electron chi connectivity index (χ4n) is 2.64. The summed E-state index contributed by atoms with van der Waals surface area (Å²) >= 11 is 4.87. The van der Waals surface area contributed by atoms with Crippen LogP contribution in [0.5, 0.6) is 0 Å². The van der Waals surface area contributed by atoms with E-state index in [1.165, 1.54) is 11.8 Å². The van der Waals surface area contributed by atoms with Crippen LogP contribution in [0.2, 0.25) is 0 Å². The first kappa shape index (κ1) is 14.6. The topological polar surface area (TPSA) is 29.5 Å². The molecule has 5 heteroatoms. The molecule has 114 valence electrons. The van der Waals surface area contributed by atoms with Crippen molar-refractivity contribution in [2.75, 3.05) is 0 Å². The van der Waals surface area contributed by atoms with Crippen molar-refractivity contribution in [2.45, 2.75) is 6.92 Å². The summed E-state index contributed by atoms with van der Waals surface area (Å²) in [5.41, 5.74) is 3.24. The van der Waals surface area contributed by atoms with Crippen molar-refractivity contribution in [3.63, 3.8) is 0 Å². The average molecular weight is 386 g/mol.